The highest BCUT2D eigenvalue weighted by Crippen LogP contribution is 2.25. The molecule has 0 aliphatic carbocycles. The SMILES string of the molecule is C[C@@H]1CCn2c(nc3cc(C(=O)NCc4cccnc4)ccc32)C1. The largest absolute Gasteiger partial charge is 0.348 e. The van der Waals surface area contributed by atoms with E-state index in [4.69, 9.17) is 4.98 Å². The lowest BCUT2D eigenvalue weighted by molar-refractivity contribution is 0.0951. The quantitative estimate of drug-likeness (QED) is 0.807. The molecule has 1 aliphatic heterocycles. The molecule has 0 saturated carbocycles. The van der Waals surface area contributed by atoms with E-state index in [0.717, 1.165) is 35.4 Å². The topological polar surface area (TPSA) is 59.8 Å². The Morgan fingerprint density at radius 3 is 3.12 bits per heavy atom. The van der Waals surface area contributed by atoms with Crippen molar-refractivity contribution in [1.29, 1.82) is 0 Å². The van der Waals surface area contributed by atoms with Gasteiger partial charge >= 0.3 is 0 Å². The number of benzene rings is 1. The first-order valence-corrected chi connectivity index (χ1v) is 8.37. The molecule has 24 heavy (non-hydrogen) atoms. The highest BCUT2D eigenvalue weighted by Gasteiger charge is 2.19. The Morgan fingerprint density at radius 1 is 1.38 bits per heavy atom. The Labute approximate surface area is 140 Å². The number of rotatable bonds is 3. The zero-order chi connectivity index (χ0) is 16.5. The summed E-state index contributed by atoms with van der Waals surface area (Å²) in [5.74, 6) is 1.73. The van der Waals surface area contributed by atoms with E-state index in [9.17, 15) is 4.79 Å². The summed E-state index contributed by atoms with van der Waals surface area (Å²) in [7, 11) is 0. The smallest absolute Gasteiger partial charge is 0.251 e. The van der Waals surface area contributed by atoms with Crippen LogP contribution in [0.25, 0.3) is 11.0 Å². The molecular formula is C19H20N4O. The monoisotopic (exact) mass is 320 g/mol. The van der Waals surface area contributed by atoms with Gasteiger partial charge in [-0.15, -0.1) is 0 Å². The van der Waals surface area contributed by atoms with Gasteiger partial charge in [0.15, 0.2) is 0 Å². The first kappa shape index (κ1) is 14.9. The summed E-state index contributed by atoms with van der Waals surface area (Å²) < 4.78 is 2.28. The van der Waals surface area contributed by atoms with Gasteiger partial charge in [-0.2, -0.15) is 0 Å². The number of hydrogen-bond acceptors (Lipinski definition) is 3. The van der Waals surface area contributed by atoms with Gasteiger partial charge in [-0.3, -0.25) is 9.78 Å². The van der Waals surface area contributed by atoms with Crippen molar-refractivity contribution >= 4 is 16.9 Å². The van der Waals surface area contributed by atoms with E-state index < -0.39 is 0 Å². The number of carbonyl (C=O) groups excluding carboxylic acids is 1. The number of amides is 1. The van der Waals surface area contributed by atoms with Gasteiger partial charge in [-0.1, -0.05) is 13.0 Å². The Balaban J connectivity index is 1.55. The van der Waals surface area contributed by atoms with Gasteiger partial charge in [0.25, 0.3) is 5.91 Å². The van der Waals surface area contributed by atoms with Crippen LogP contribution >= 0.6 is 0 Å². The van der Waals surface area contributed by atoms with Crippen molar-refractivity contribution in [3.05, 3.63) is 59.7 Å². The number of aryl methyl sites for hydroxylation is 1. The van der Waals surface area contributed by atoms with Crippen molar-refractivity contribution in [2.24, 2.45) is 5.92 Å². The van der Waals surface area contributed by atoms with Crippen LogP contribution in [-0.2, 0) is 19.5 Å². The van der Waals surface area contributed by atoms with E-state index in [0.29, 0.717) is 18.0 Å². The van der Waals surface area contributed by atoms with Crippen LogP contribution in [0.1, 0.15) is 35.1 Å². The summed E-state index contributed by atoms with van der Waals surface area (Å²) in [6.45, 7) is 3.75. The standard InChI is InChI=1S/C19H20N4O/c1-13-6-8-23-17-5-4-15(10-16(17)22-18(23)9-13)19(24)21-12-14-3-2-7-20-11-14/h2-5,7,10-11,13H,6,8-9,12H2,1H3,(H,21,24)/t13-/m1/s1. The molecule has 0 fully saturated rings. The van der Waals surface area contributed by atoms with Crippen LogP contribution in [0, 0.1) is 5.92 Å². The molecule has 1 aliphatic rings. The summed E-state index contributed by atoms with van der Waals surface area (Å²) >= 11 is 0. The maximum atomic E-state index is 12.4. The number of hydrogen-bond donors (Lipinski definition) is 1. The maximum Gasteiger partial charge on any atom is 0.251 e. The van der Waals surface area contributed by atoms with Crippen LogP contribution in [0.3, 0.4) is 0 Å². The first-order valence-electron chi connectivity index (χ1n) is 8.37. The fourth-order valence-electron chi connectivity index (χ4n) is 3.28. The highest BCUT2D eigenvalue weighted by molar-refractivity contribution is 5.97. The van der Waals surface area contributed by atoms with E-state index >= 15 is 0 Å². The maximum absolute atomic E-state index is 12.4. The Morgan fingerprint density at radius 2 is 2.29 bits per heavy atom. The van der Waals surface area contributed by atoms with Crippen molar-refractivity contribution < 1.29 is 4.79 Å². The molecule has 0 spiro atoms. The molecule has 0 radical (unpaired) electrons. The zero-order valence-electron chi connectivity index (χ0n) is 13.7. The summed E-state index contributed by atoms with van der Waals surface area (Å²) in [5, 5.41) is 2.94. The predicted octanol–water partition coefficient (Wildman–Crippen LogP) is 2.94. The van der Waals surface area contributed by atoms with E-state index in [1.807, 2.05) is 30.3 Å². The van der Waals surface area contributed by atoms with Crippen molar-refractivity contribution in [3.8, 4) is 0 Å². The zero-order valence-corrected chi connectivity index (χ0v) is 13.7. The molecule has 0 bridgehead atoms. The van der Waals surface area contributed by atoms with Gasteiger partial charge in [0.2, 0.25) is 0 Å². The van der Waals surface area contributed by atoms with E-state index in [1.165, 1.54) is 6.42 Å². The molecule has 3 aromatic rings. The third-order valence-corrected chi connectivity index (χ3v) is 4.64. The molecule has 1 N–H and O–H groups in total. The number of carbonyl (C=O) groups is 1. The highest BCUT2D eigenvalue weighted by atomic mass is 16.1. The summed E-state index contributed by atoms with van der Waals surface area (Å²) in [5.41, 5.74) is 3.67. The van der Waals surface area contributed by atoms with Gasteiger partial charge in [-0.25, -0.2) is 4.98 Å². The lowest BCUT2D eigenvalue weighted by atomic mass is 10.0. The van der Waals surface area contributed by atoms with E-state index in [2.05, 4.69) is 21.8 Å². The fraction of sp³-hybridized carbons (Fsp3) is 0.316. The van der Waals surface area contributed by atoms with Crippen LogP contribution in [-0.4, -0.2) is 20.4 Å². The molecule has 2 aromatic heterocycles. The van der Waals surface area contributed by atoms with Gasteiger partial charge < -0.3 is 9.88 Å². The molecule has 5 heteroatoms. The summed E-state index contributed by atoms with van der Waals surface area (Å²) in [4.78, 5) is 21.2. The Bertz CT molecular complexity index is 885. The summed E-state index contributed by atoms with van der Waals surface area (Å²) in [6, 6.07) is 9.60. The molecule has 1 atom stereocenters. The van der Waals surface area contributed by atoms with Crippen molar-refractivity contribution in [1.82, 2.24) is 19.9 Å². The lowest BCUT2D eigenvalue weighted by Gasteiger charge is -2.19. The van der Waals surface area contributed by atoms with Gasteiger partial charge in [0, 0.05) is 37.5 Å². The van der Waals surface area contributed by atoms with E-state index in [1.54, 1.807) is 12.4 Å². The predicted molar refractivity (Wildman–Crippen MR) is 92.6 cm³/mol. The van der Waals surface area contributed by atoms with Crippen LogP contribution in [0.2, 0.25) is 0 Å². The summed E-state index contributed by atoms with van der Waals surface area (Å²) in [6.07, 6.45) is 5.68. The van der Waals surface area contributed by atoms with Crippen LogP contribution in [0.5, 0.6) is 0 Å². The molecule has 122 valence electrons. The molecule has 1 aromatic carbocycles. The van der Waals surface area contributed by atoms with Gasteiger partial charge in [0.1, 0.15) is 5.82 Å². The van der Waals surface area contributed by atoms with Crippen LogP contribution < -0.4 is 5.32 Å². The first-order chi connectivity index (χ1) is 11.7. The second-order valence-corrected chi connectivity index (χ2v) is 6.53. The second-order valence-electron chi connectivity index (χ2n) is 6.53. The number of nitrogens with zero attached hydrogens (tertiary/aromatic N) is 3. The Hall–Kier alpha value is -2.69. The lowest BCUT2D eigenvalue weighted by Crippen LogP contribution is -2.22. The van der Waals surface area contributed by atoms with Gasteiger partial charge in [0.05, 0.1) is 11.0 Å². The molecule has 1 amide bonds. The Kier molecular flexibility index (Phi) is 3.76. The number of imidazole rings is 1. The number of aromatic nitrogens is 3. The minimum absolute atomic E-state index is 0.0832. The fourth-order valence-corrected chi connectivity index (χ4v) is 3.28. The number of pyridine rings is 1. The average molecular weight is 320 g/mol. The van der Waals surface area contributed by atoms with Crippen LogP contribution in [0.15, 0.2) is 42.7 Å². The van der Waals surface area contributed by atoms with Crippen LogP contribution in [0.4, 0.5) is 0 Å². The normalized spacial score (nSPS) is 16.8. The minimum Gasteiger partial charge on any atom is -0.348 e. The second kappa shape index (κ2) is 6.07. The third kappa shape index (κ3) is 2.77. The van der Waals surface area contributed by atoms with Crippen molar-refractivity contribution in [2.45, 2.75) is 32.9 Å². The molecule has 0 unspecified atom stereocenters. The van der Waals surface area contributed by atoms with Gasteiger partial charge in [-0.05, 0) is 42.2 Å². The molecular weight excluding hydrogens is 300 g/mol. The molecule has 3 heterocycles. The third-order valence-electron chi connectivity index (χ3n) is 4.64. The van der Waals surface area contributed by atoms with E-state index in [-0.39, 0.29) is 5.91 Å². The number of nitrogens with one attached hydrogen (secondary N) is 1. The van der Waals surface area contributed by atoms with Crippen molar-refractivity contribution in [3.63, 3.8) is 0 Å². The average Bonchev–Trinajstić information content (AvgIpc) is 2.97. The molecule has 4 rings (SSSR count). The van der Waals surface area contributed by atoms with Crippen molar-refractivity contribution in [2.75, 3.05) is 0 Å². The molecule has 5 nitrogen and oxygen atoms in total. The molecule has 0 saturated heterocycles. The minimum atomic E-state index is -0.0832. The number of fused-ring (bicyclic) bond motifs is 3.